The van der Waals surface area contributed by atoms with Crippen LogP contribution in [0.1, 0.15) is 28.3 Å². The van der Waals surface area contributed by atoms with E-state index in [2.05, 4.69) is 5.18 Å². The number of nitroso groups, excluding NO2 is 1. The molecular formula is C17H13F3N2O2. The Balaban J connectivity index is 1.97. The van der Waals surface area contributed by atoms with Gasteiger partial charge >= 0.3 is 6.18 Å². The maximum atomic E-state index is 12.8. The van der Waals surface area contributed by atoms with Gasteiger partial charge < -0.3 is 4.90 Å². The molecule has 0 bridgehead atoms. The molecule has 0 spiro atoms. The van der Waals surface area contributed by atoms with Crippen molar-refractivity contribution in [2.24, 2.45) is 5.18 Å². The predicted octanol–water partition coefficient (Wildman–Crippen LogP) is 4.37. The standard InChI is InChI=1S/C17H13F3N2O2/c1-10-5-6-14-13(7-10)15(21-24)16(23)22(14)9-11-3-2-4-12(8-11)17(18,19)20/h2-8,15H,9H2,1H3. The number of rotatable bonds is 3. The van der Waals surface area contributed by atoms with Crippen molar-refractivity contribution in [3.05, 3.63) is 69.6 Å². The summed E-state index contributed by atoms with van der Waals surface area (Å²) >= 11 is 0. The molecule has 1 unspecified atom stereocenters. The number of anilines is 1. The van der Waals surface area contributed by atoms with E-state index in [1.54, 1.807) is 18.2 Å². The SMILES string of the molecule is Cc1ccc2c(c1)C(N=O)C(=O)N2Cc1cccc(C(F)(F)F)c1. The molecule has 0 fully saturated rings. The monoisotopic (exact) mass is 334 g/mol. The fraction of sp³-hybridized carbons (Fsp3) is 0.235. The zero-order valence-corrected chi connectivity index (χ0v) is 12.7. The molecule has 0 saturated heterocycles. The zero-order chi connectivity index (χ0) is 17.5. The van der Waals surface area contributed by atoms with Crippen LogP contribution in [0, 0.1) is 11.8 Å². The first-order chi connectivity index (χ1) is 11.3. The second kappa shape index (κ2) is 5.74. The number of aryl methyl sites for hydroxylation is 1. The van der Waals surface area contributed by atoms with E-state index < -0.39 is 23.7 Å². The third kappa shape index (κ3) is 2.77. The van der Waals surface area contributed by atoms with Gasteiger partial charge in [-0.15, -0.1) is 4.91 Å². The second-order valence-corrected chi connectivity index (χ2v) is 5.69. The highest BCUT2D eigenvalue weighted by molar-refractivity contribution is 6.04. The van der Waals surface area contributed by atoms with Crippen LogP contribution < -0.4 is 4.90 Å². The van der Waals surface area contributed by atoms with Crippen LogP contribution in [0.15, 0.2) is 47.6 Å². The summed E-state index contributed by atoms with van der Waals surface area (Å²) in [5, 5.41) is 2.88. The van der Waals surface area contributed by atoms with E-state index in [1.807, 2.05) is 6.92 Å². The van der Waals surface area contributed by atoms with Gasteiger partial charge in [-0.25, -0.2) is 0 Å². The molecule has 1 aliphatic heterocycles. The first kappa shape index (κ1) is 16.2. The summed E-state index contributed by atoms with van der Waals surface area (Å²) in [6.45, 7) is 1.77. The van der Waals surface area contributed by atoms with Gasteiger partial charge in [-0.05, 0) is 30.7 Å². The third-order valence-corrected chi connectivity index (χ3v) is 3.97. The molecule has 2 aromatic rings. The average molecular weight is 334 g/mol. The average Bonchev–Trinajstić information content (AvgIpc) is 2.78. The minimum Gasteiger partial charge on any atom is -0.305 e. The van der Waals surface area contributed by atoms with Gasteiger partial charge in [0, 0.05) is 5.56 Å². The van der Waals surface area contributed by atoms with Gasteiger partial charge in [-0.1, -0.05) is 35.0 Å². The number of halogens is 3. The number of hydrogen-bond acceptors (Lipinski definition) is 3. The minimum absolute atomic E-state index is 0.0508. The summed E-state index contributed by atoms with van der Waals surface area (Å²) < 4.78 is 38.5. The minimum atomic E-state index is -4.45. The highest BCUT2D eigenvalue weighted by Gasteiger charge is 2.38. The van der Waals surface area contributed by atoms with E-state index in [-0.39, 0.29) is 6.54 Å². The van der Waals surface area contributed by atoms with Gasteiger partial charge in [0.25, 0.3) is 5.91 Å². The summed E-state index contributed by atoms with van der Waals surface area (Å²) in [5.74, 6) is -0.525. The van der Waals surface area contributed by atoms with Crippen molar-refractivity contribution in [1.82, 2.24) is 0 Å². The summed E-state index contributed by atoms with van der Waals surface area (Å²) in [5.41, 5.74) is 1.42. The summed E-state index contributed by atoms with van der Waals surface area (Å²) in [6, 6.07) is 8.80. The molecule has 3 rings (SSSR count). The Bertz CT molecular complexity index is 818. The Kier molecular flexibility index (Phi) is 3.87. The lowest BCUT2D eigenvalue weighted by atomic mass is 10.1. The molecule has 2 aromatic carbocycles. The molecule has 4 nitrogen and oxygen atoms in total. The Morgan fingerprint density at radius 2 is 1.92 bits per heavy atom. The summed E-state index contributed by atoms with van der Waals surface area (Å²) in [7, 11) is 0. The topological polar surface area (TPSA) is 49.7 Å². The third-order valence-electron chi connectivity index (χ3n) is 3.97. The van der Waals surface area contributed by atoms with Crippen LogP contribution in [0.4, 0.5) is 18.9 Å². The number of alkyl halides is 3. The molecule has 1 amide bonds. The Morgan fingerprint density at radius 3 is 2.58 bits per heavy atom. The first-order valence-electron chi connectivity index (χ1n) is 7.22. The lowest BCUT2D eigenvalue weighted by Gasteiger charge is -2.18. The van der Waals surface area contributed by atoms with Crippen molar-refractivity contribution < 1.29 is 18.0 Å². The van der Waals surface area contributed by atoms with Crippen LogP contribution >= 0.6 is 0 Å². The number of benzene rings is 2. The molecule has 0 aliphatic carbocycles. The molecule has 1 aliphatic rings. The van der Waals surface area contributed by atoms with E-state index >= 15 is 0 Å². The Labute approximate surface area is 135 Å². The van der Waals surface area contributed by atoms with Gasteiger partial charge in [-0.3, -0.25) is 4.79 Å². The zero-order valence-electron chi connectivity index (χ0n) is 12.7. The summed E-state index contributed by atoms with van der Waals surface area (Å²) in [6.07, 6.45) is -4.45. The smallest absolute Gasteiger partial charge is 0.305 e. The Hall–Kier alpha value is -2.70. The maximum absolute atomic E-state index is 12.8. The number of fused-ring (bicyclic) bond motifs is 1. The quantitative estimate of drug-likeness (QED) is 0.783. The van der Waals surface area contributed by atoms with E-state index in [0.29, 0.717) is 16.8 Å². The second-order valence-electron chi connectivity index (χ2n) is 5.69. The molecular weight excluding hydrogens is 321 g/mol. The van der Waals surface area contributed by atoms with Crippen molar-refractivity contribution in [3.63, 3.8) is 0 Å². The predicted molar refractivity (Wildman–Crippen MR) is 82.3 cm³/mol. The van der Waals surface area contributed by atoms with E-state index in [1.165, 1.54) is 17.0 Å². The van der Waals surface area contributed by atoms with Crippen molar-refractivity contribution in [2.45, 2.75) is 25.7 Å². The molecule has 7 heteroatoms. The van der Waals surface area contributed by atoms with Crippen molar-refractivity contribution in [2.75, 3.05) is 4.90 Å². The Morgan fingerprint density at radius 1 is 1.17 bits per heavy atom. The fourth-order valence-electron chi connectivity index (χ4n) is 2.83. The van der Waals surface area contributed by atoms with Crippen LogP contribution in [0.3, 0.4) is 0 Å². The van der Waals surface area contributed by atoms with Crippen molar-refractivity contribution in [3.8, 4) is 0 Å². The van der Waals surface area contributed by atoms with E-state index in [4.69, 9.17) is 0 Å². The number of amides is 1. The number of carbonyl (C=O) groups excluding carboxylic acids is 1. The van der Waals surface area contributed by atoms with Crippen molar-refractivity contribution in [1.29, 1.82) is 0 Å². The van der Waals surface area contributed by atoms with Crippen LogP contribution in [-0.2, 0) is 17.5 Å². The number of carbonyl (C=O) groups is 1. The molecule has 124 valence electrons. The van der Waals surface area contributed by atoms with E-state index in [9.17, 15) is 22.9 Å². The van der Waals surface area contributed by atoms with Crippen LogP contribution in [0.5, 0.6) is 0 Å². The van der Waals surface area contributed by atoms with Crippen LogP contribution in [0.2, 0.25) is 0 Å². The van der Waals surface area contributed by atoms with Gasteiger partial charge in [-0.2, -0.15) is 13.2 Å². The molecule has 24 heavy (non-hydrogen) atoms. The highest BCUT2D eigenvalue weighted by atomic mass is 19.4. The first-order valence-corrected chi connectivity index (χ1v) is 7.22. The molecule has 0 aromatic heterocycles. The summed E-state index contributed by atoms with van der Waals surface area (Å²) in [4.78, 5) is 24.7. The largest absolute Gasteiger partial charge is 0.416 e. The van der Waals surface area contributed by atoms with E-state index in [0.717, 1.165) is 17.7 Å². The van der Waals surface area contributed by atoms with Gasteiger partial charge in [0.2, 0.25) is 0 Å². The lowest BCUT2D eigenvalue weighted by molar-refractivity contribution is -0.137. The molecule has 1 atom stereocenters. The van der Waals surface area contributed by atoms with Crippen LogP contribution in [-0.4, -0.2) is 5.91 Å². The highest BCUT2D eigenvalue weighted by Crippen LogP contribution is 2.39. The number of nitrogens with zero attached hydrogens (tertiary/aromatic N) is 2. The van der Waals surface area contributed by atoms with Gasteiger partial charge in [0.1, 0.15) is 0 Å². The number of hydrogen-bond donors (Lipinski definition) is 0. The van der Waals surface area contributed by atoms with Gasteiger partial charge in [0.15, 0.2) is 6.04 Å². The molecule has 0 N–H and O–H groups in total. The van der Waals surface area contributed by atoms with Gasteiger partial charge in [0.05, 0.1) is 17.8 Å². The molecule has 0 radical (unpaired) electrons. The lowest BCUT2D eigenvalue weighted by Crippen LogP contribution is -2.27. The van der Waals surface area contributed by atoms with Crippen LogP contribution in [0.25, 0.3) is 0 Å². The normalized spacial score (nSPS) is 17.1. The molecule has 0 saturated carbocycles. The maximum Gasteiger partial charge on any atom is 0.416 e. The molecule has 1 heterocycles. The van der Waals surface area contributed by atoms with Crippen molar-refractivity contribution >= 4 is 11.6 Å². The fourth-order valence-corrected chi connectivity index (χ4v) is 2.83.